The minimum absolute atomic E-state index is 0.0462. The Hall–Kier alpha value is -1.65. The molecule has 1 aliphatic rings. The SMILES string of the molecule is CN(CC(=O)O)C1CCN(S(=O)(=O)c2ccc(C(F)(F)F)cc2)CC1. The van der Waals surface area contributed by atoms with Crippen LogP contribution in [0.15, 0.2) is 29.2 Å². The lowest BCUT2D eigenvalue weighted by Gasteiger charge is -2.35. The van der Waals surface area contributed by atoms with Gasteiger partial charge in [0, 0.05) is 19.1 Å². The first-order valence-corrected chi connectivity index (χ1v) is 9.05. The molecule has 1 fully saturated rings. The molecule has 1 aromatic rings. The van der Waals surface area contributed by atoms with Gasteiger partial charge in [-0.15, -0.1) is 0 Å². The number of likely N-dealkylation sites (N-methyl/N-ethyl adjacent to an activating group) is 1. The van der Waals surface area contributed by atoms with Crippen LogP contribution in [0.25, 0.3) is 0 Å². The molecular formula is C15H19F3N2O4S. The molecule has 10 heteroatoms. The molecule has 1 N–H and O–H groups in total. The Morgan fingerprint density at radius 1 is 1.24 bits per heavy atom. The second-order valence-electron chi connectivity index (χ2n) is 5.97. The number of alkyl halides is 3. The topological polar surface area (TPSA) is 77.9 Å². The number of piperidine rings is 1. The van der Waals surface area contributed by atoms with Gasteiger partial charge < -0.3 is 5.11 Å². The summed E-state index contributed by atoms with van der Waals surface area (Å²) in [4.78, 5) is 12.2. The van der Waals surface area contributed by atoms with Crippen molar-refractivity contribution in [2.75, 3.05) is 26.7 Å². The van der Waals surface area contributed by atoms with Crippen LogP contribution >= 0.6 is 0 Å². The third kappa shape index (κ3) is 4.71. The van der Waals surface area contributed by atoms with Gasteiger partial charge in [-0.05, 0) is 44.2 Å². The molecule has 1 aromatic carbocycles. The Morgan fingerprint density at radius 3 is 2.20 bits per heavy atom. The van der Waals surface area contributed by atoms with Gasteiger partial charge in [0.05, 0.1) is 17.0 Å². The van der Waals surface area contributed by atoms with Gasteiger partial charge in [0.15, 0.2) is 0 Å². The van der Waals surface area contributed by atoms with Crippen molar-refractivity contribution < 1.29 is 31.5 Å². The van der Waals surface area contributed by atoms with Crippen molar-refractivity contribution >= 4 is 16.0 Å². The van der Waals surface area contributed by atoms with Crippen LogP contribution in [-0.2, 0) is 21.0 Å². The fourth-order valence-electron chi connectivity index (χ4n) is 2.83. The Kier molecular flexibility index (Phi) is 5.75. The lowest BCUT2D eigenvalue weighted by molar-refractivity contribution is -0.139. The number of benzene rings is 1. The van der Waals surface area contributed by atoms with E-state index >= 15 is 0 Å². The quantitative estimate of drug-likeness (QED) is 0.844. The van der Waals surface area contributed by atoms with Crippen LogP contribution in [0.2, 0.25) is 0 Å². The molecule has 0 unspecified atom stereocenters. The second kappa shape index (κ2) is 7.30. The van der Waals surface area contributed by atoms with Crippen LogP contribution in [0.5, 0.6) is 0 Å². The Morgan fingerprint density at radius 2 is 1.76 bits per heavy atom. The molecule has 140 valence electrons. The average molecular weight is 380 g/mol. The van der Waals surface area contributed by atoms with Crippen molar-refractivity contribution in [2.24, 2.45) is 0 Å². The summed E-state index contributed by atoms with van der Waals surface area (Å²) < 4.78 is 64.0. The van der Waals surface area contributed by atoms with Gasteiger partial charge in [0.2, 0.25) is 10.0 Å². The van der Waals surface area contributed by atoms with E-state index in [2.05, 4.69) is 0 Å². The maximum absolute atomic E-state index is 12.6. The lowest BCUT2D eigenvalue weighted by Crippen LogP contribution is -2.46. The van der Waals surface area contributed by atoms with Gasteiger partial charge in [0.1, 0.15) is 0 Å². The number of hydrogen-bond donors (Lipinski definition) is 1. The van der Waals surface area contributed by atoms with E-state index in [9.17, 15) is 26.4 Å². The summed E-state index contributed by atoms with van der Waals surface area (Å²) >= 11 is 0. The van der Waals surface area contributed by atoms with Gasteiger partial charge in [-0.25, -0.2) is 8.42 Å². The van der Waals surface area contributed by atoms with E-state index in [0.29, 0.717) is 12.8 Å². The van der Waals surface area contributed by atoms with Gasteiger partial charge in [-0.2, -0.15) is 17.5 Å². The summed E-state index contributed by atoms with van der Waals surface area (Å²) in [5.41, 5.74) is -0.902. The van der Waals surface area contributed by atoms with Gasteiger partial charge in [0.25, 0.3) is 0 Å². The molecule has 0 aromatic heterocycles. The van der Waals surface area contributed by atoms with E-state index in [-0.39, 0.29) is 30.6 Å². The number of aliphatic carboxylic acids is 1. The van der Waals surface area contributed by atoms with Crippen LogP contribution in [0.3, 0.4) is 0 Å². The number of nitrogens with zero attached hydrogens (tertiary/aromatic N) is 2. The zero-order valence-electron chi connectivity index (χ0n) is 13.5. The zero-order chi connectivity index (χ0) is 18.8. The molecule has 1 saturated heterocycles. The standard InChI is InChI=1S/C15H19F3N2O4S/c1-19(10-14(21)22)12-6-8-20(9-7-12)25(23,24)13-4-2-11(3-5-13)15(16,17)18/h2-5,12H,6-10H2,1H3,(H,21,22). The maximum Gasteiger partial charge on any atom is 0.416 e. The summed E-state index contributed by atoms with van der Waals surface area (Å²) in [6.45, 7) is 0.256. The maximum atomic E-state index is 12.6. The van der Waals surface area contributed by atoms with Crippen LogP contribution in [0, 0.1) is 0 Å². The normalized spacial score (nSPS) is 17.8. The molecule has 6 nitrogen and oxygen atoms in total. The minimum Gasteiger partial charge on any atom is -0.480 e. The molecule has 2 rings (SSSR count). The fourth-order valence-corrected chi connectivity index (χ4v) is 4.30. The van der Waals surface area contributed by atoms with Crippen LogP contribution in [0.1, 0.15) is 18.4 Å². The molecule has 0 spiro atoms. The van der Waals surface area contributed by atoms with E-state index in [4.69, 9.17) is 5.11 Å². The summed E-state index contributed by atoms with van der Waals surface area (Å²) in [7, 11) is -2.20. The van der Waals surface area contributed by atoms with E-state index in [0.717, 1.165) is 24.3 Å². The molecule has 0 bridgehead atoms. The number of carboxylic acids is 1. The smallest absolute Gasteiger partial charge is 0.416 e. The summed E-state index contributed by atoms with van der Waals surface area (Å²) in [5.74, 6) is -0.956. The van der Waals surface area contributed by atoms with Crippen molar-refractivity contribution in [1.29, 1.82) is 0 Å². The number of sulfonamides is 1. The highest BCUT2D eigenvalue weighted by molar-refractivity contribution is 7.89. The highest BCUT2D eigenvalue weighted by atomic mass is 32.2. The Labute approximate surface area is 143 Å². The van der Waals surface area contributed by atoms with Crippen molar-refractivity contribution in [1.82, 2.24) is 9.21 Å². The zero-order valence-corrected chi connectivity index (χ0v) is 14.3. The van der Waals surface area contributed by atoms with E-state index < -0.39 is 27.7 Å². The van der Waals surface area contributed by atoms with Crippen LogP contribution < -0.4 is 0 Å². The summed E-state index contributed by atoms with van der Waals surface area (Å²) in [6, 6.07) is 3.37. The highest BCUT2D eigenvalue weighted by Gasteiger charge is 2.33. The monoisotopic (exact) mass is 380 g/mol. The molecular weight excluding hydrogens is 361 g/mol. The second-order valence-corrected chi connectivity index (χ2v) is 7.90. The number of halogens is 3. The van der Waals surface area contributed by atoms with Crippen LogP contribution in [-0.4, -0.2) is 61.4 Å². The van der Waals surface area contributed by atoms with Crippen molar-refractivity contribution in [2.45, 2.75) is 30.0 Å². The molecule has 0 radical (unpaired) electrons. The van der Waals surface area contributed by atoms with E-state index in [1.54, 1.807) is 11.9 Å². The van der Waals surface area contributed by atoms with E-state index in [1.165, 1.54) is 4.31 Å². The number of carbonyl (C=O) groups is 1. The third-order valence-corrected chi connectivity index (χ3v) is 6.16. The molecule has 25 heavy (non-hydrogen) atoms. The molecule has 0 atom stereocenters. The fraction of sp³-hybridized carbons (Fsp3) is 0.533. The third-order valence-electron chi connectivity index (χ3n) is 4.25. The number of rotatable bonds is 5. The number of hydrogen-bond acceptors (Lipinski definition) is 4. The Balaban J connectivity index is 2.05. The molecule has 0 aliphatic carbocycles. The predicted molar refractivity (Wildman–Crippen MR) is 83.5 cm³/mol. The van der Waals surface area contributed by atoms with Crippen molar-refractivity contribution in [3.05, 3.63) is 29.8 Å². The van der Waals surface area contributed by atoms with Gasteiger partial charge in [-0.3, -0.25) is 9.69 Å². The summed E-state index contributed by atoms with van der Waals surface area (Å²) in [5, 5.41) is 8.80. The molecule has 0 saturated carbocycles. The first-order valence-electron chi connectivity index (χ1n) is 7.61. The minimum atomic E-state index is -4.52. The lowest BCUT2D eigenvalue weighted by atomic mass is 10.1. The average Bonchev–Trinajstić information content (AvgIpc) is 2.53. The van der Waals surface area contributed by atoms with E-state index in [1.807, 2.05) is 0 Å². The highest BCUT2D eigenvalue weighted by Crippen LogP contribution is 2.30. The van der Waals surface area contributed by atoms with Crippen molar-refractivity contribution in [3.63, 3.8) is 0 Å². The molecule has 1 heterocycles. The first-order chi connectivity index (χ1) is 11.5. The first kappa shape index (κ1) is 19.7. The predicted octanol–water partition coefficient (Wildman–Crippen LogP) is 1.87. The molecule has 0 amide bonds. The largest absolute Gasteiger partial charge is 0.480 e. The van der Waals surface area contributed by atoms with Gasteiger partial charge >= 0.3 is 12.1 Å². The van der Waals surface area contributed by atoms with Crippen LogP contribution in [0.4, 0.5) is 13.2 Å². The summed E-state index contributed by atoms with van der Waals surface area (Å²) in [6.07, 6.45) is -3.59. The number of carboxylic acid groups (broad SMARTS) is 1. The van der Waals surface area contributed by atoms with Gasteiger partial charge in [-0.1, -0.05) is 0 Å². The van der Waals surface area contributed by atoms with Crippen molar-refractivity contribution in [3.8, 4) is 0 Å². The molecule has 1 aliphatic heterocycles. The Bertz CT molecular complexity index is 711.